The van der Waals surface area contributed by atoms with Gasteiger partial charge in [-0.1, -0.05) is 29.3 Å². The standard InChI is InChI=1S/C13H18Cl2N2O2/c1-9(16)6-13(18)17-4-5-19-8-10-2-3-11(14)7-12(10)15/h2-3,7,9H,4-6,8,16H2,1H3,(H,17,18). The van der Waals surface area contributed by atoms with Gasteiger partial charge >= 0.3 is 0 Å². The largest absolute Gasteiger partial charge is 0.375 e. The Bertz CT molecular complexity index is 425. The summed E-state index contributed by atoms with van der Waals surface area (Å²) in [5.74, 6) is -0.0666. The van der Waals surface area contributed by atoms with Gasteiger partial charge in [-0.2, -0.15) is 0 Å². The first-order valence-corrected chi connectivity index (χ1v) is 6.78. The zero-order valence-electron chi connectivity index (χ0n) is 10.8. The van der Waals surface area contributed by atoms with Crippen LogP contribution in [0.25, 0.3) is 0 Å². The van der Waals surface area contributed by atoms with Crippen LogP contribution in [-0.2, 0) is 16.1 Å². The van der Waals surface area contributed by atoms with Gasteiger partial charge in [-0.3, -0.25) is 4.79 Å². The fraction of sp³-hybridized carbons (Fsp3) is 0.462. The van der Waals surface area contributed by atoms with E-state index in [9.17, 15) is 4.79 Å². The molecule has 0 aromatic heterocycles. The zero-order valence-corrected chi connectivity index (χ0v) is 12.3. The minimum Gasteiger partial charge on any atom is -0.375 e. The smallest absolute Gasteiger partial charge is 0.221 e. The summed E-state index contributed by atoms with van der Waals surface area (Å²) in [6, 6.07) is 5.12. The number of amides is 1. The van der Waals surface area contributed by atoms with E-state index in [1.54, 1.807) is 19.1 Å². The van der Waals surface area contributed by atoms with Crippen LogP contribution in [0.3, 0.4) is 0 Å². The topological polar surface area (TPSA) is 64.4 Å². The SMILES string of the molecule is CC(N)CC(=O)NCCOCc1ccc(Cl)cc1Cl. The Morgan fingerprint density at radius 1 is 1.47 bits per heavy atom. The van der Waals surface area contributed by atoms with Crippen molar-refractivity contribution in [2.75, 3.05) is 13.2 Å². The zero-order chi connectivity index (χ0) is 14.3. The van der Waals surface area contributed by atoms with Crippen LogP contribution >= 0.6 is 23.2 Å². The lowest BCUT2D eigenvalue weighted by atomic mass is 10.2. The molecule has 0 aliphatic heterocycles. The number of hydrogen-bond acceptors (Lipinski definition) is 3. The molecule has 1 unspecified atom stereocenters. The molecule has 4 nitrogen and oxygen atoms in total. The third-order valence-corrected chi connectivity index (χ3v) is 2.94. The van der Waals surface area contributed by atoms with Crippen LogP contribution in [0.5, 0.6) is 0 Å². The molecule has 0 radical (unpaired) electrons. The molecule has 1 aromatic rings. The van der Waals surface area contributed by atoms with Gasteiger partial charge in [-0.15, -0.1) is 0 Å². The number of ether oxygens (including phenoxy) is 1. The van der Waals surface area contributed by atoms with Crippen molar-refractivity contribution in [1.29, 1.82) is 0 Å². The maximum Gasteiger partial charge on any atom is 0.221 e. The number of benzene rings is 1. The van der Waals surface area contributed by atoms with Crippen molar-refractivity contribution in [2.24, 2.45) is 5.73 Å². The first-order valence-electron chi connectivity index (χ1n) is 6.03. The third kappa shape index (κ3) is 6.78. The fourth-order valence-corrected chi connectivity index (χ4v) is 1.91. The summed E-state index contributed by atoms with van der Waals surface area (Å²) in [5, 5.41) is 3.90. The van der Waals surface area contributed by atoms with E-state index in [-0.39, 0.29) is 11.9 Å². The quantitative estimate of drug-likeness (QED) is 0.760. The lowest BCUT2D eigenvalue weighted by molar-refractivity contribution is -0.121. The third-order valence-electron chi connectivity index (χ3n) is 2.35. The Kier molecular flexibility index (Phi) is 7.16. The minimum atomic E-state index is -0.131. The molecule has 0 aliphatic carbocycles. The van der Waals surface area contributed by atoms with Crippen LogP contribution in [0.2, 0.25) is 10.0 Å². The number of halogens is 2. The van der Waals surface area contributed by atoms with E-state index in [4.69, 9.17) is 33.7 Å². The molecule has 0 aliphatic rings. The molecule has 0 spiro atoms. The summed E-state index contributed by atoms with van der Waals surface area (Å²) in [6.07, 6.45) is 0.322. The second-order valence-electron chi connectivity index (χ2n) is 4.32. The molecule has 19 heavy (non-hydrogen) atoms. The Balaban J connectivity index is 2.19. The van der Waals surface area contributed by atoms with Crippen molar-refractivity contribution < 1.29 is 9.53 Å². The monoisotopic (exact) mass is 304 g/mol. The van der Waals surface area contributed by atoms with E-state index in [1.165, 1.54) is 0 Å². The Morgan fingerprint density at radius 3 is 2.84 bits per heavy atom. The van der Waals surface area contributed by atoms with Crippen molar-refractivity contribution in [1.82, 2.24) is 5.32 Å². The van der Waals surface area contributed by atoms with Gasteiger partial charge in [-0.25, -0.2) is 0 Å². The van der Waals surface area contributed by atoms with Crippen LogP contribution < -0.4 is 11.1 Å². The molecule has 6 heteroatoms. The molecule has 106 valence electrons. The van der Waals surface area contributed by atoms with Crippen molar-refractivity contribution in [2.45, 2.75) is 26.0 Å². The Labute approximate surface area is 123 Å². The minimum absolute atomic E-state index is 0.0666. The number of hydrogen-bond donors (Lipinski definition) is 2. The molecule has 0 bridgehead atoms. The summed E-state index contributed by atoms with van der Waals surface area (Å²) in [5.41, 5.74) is 6.38. The van der Waals surface area contributed by atoms with Crippen molar-refractivity contribution in [3.8, 4) is 0 Å². The van der Waals surface area contributed by atoms with Gasteiger partial charge in [0.05, 0.1) is 13.2 Å². The maximum atomic E-state index is 11.3. The second-order valence-corrected chi connectivity index (χ2v) is 5.16. The maximum absolute atomic E-state index is 11.3. The van der Waals surface area contributed by atoms with Crippen molar-refractivity contribution in [3.05, 3.63) is 33.8 Å². The van der Waals surface area contributed by atoms with Crippen LogP contribution in [0.1, 0.15) is 18.9 Å². The highest BCUT2D eigenvalue weighted by molar-refractivity contribution is 6.35. The molecule has 1 atom stereocenters. The van der Waals surface area contributed by atoms with E-state index in [2.05, 4.69) is 5.32 Å². The predicted molar refractivity (Wildman–Crippen MR) is 77.4 cm³/mol. The molecule has 0 heterocycles. The summed E-state index contributed by atoms with van der Waals surface area (Å²) in [4.78, 5) is 11.3. The predicted octanol–water partition coefficient (Wildman–Crippen LogP) is 2.36. The van der Waals surface area contributed by atoms with Gasteiger partial charge in [0.1, 0.15) is 0 Å². The van der Waals surface area contributed by atoms with Gasteiger partial charge in [-0.05, 0) is 24.6 Å². The van der Waals surface area contributed by atoms with E-state index in [1.807, 2.05) is 6.07 Å². The Morgan fingerprint density at radius 2 is 2.21 bits per heavy atom. The average Bonchev–Trinajstić information content (AvgIpc) is 2.30. The summed E-state index contributed by atoms with van der Waals surface area (Å²) in [7, 11) is 0. The van der Waals surface area contributed by atoms with Crippen molar-refractivity contribution in [3.63, 3.8) is 0 Å². The highest BCUT2D eigenvalue weighted by Gasteiger charge is 2.04. The van der Waals surface area contributed by atoms with Crippen LogP contribution in [0, 0.1) is 0 Å². The van der Waals surface area contributed by atoms with Crippen LogP contribution in [0.4, 0.5) is 0 Å². The first-order chi connectivity index (χ1) is 8.99. The molecule has 0 fully saturated rings. The van der Waals surface area contributed by atoms with Crippen LogP contribution in [0.15, 0.2) is 18.2 Å². The summed E-state index contributed by atoms with van der Waals surface area (Å²) >= 11 is 11.8. The number of nitrogens with one attached hydrogen (secondary N) is 1. The molecule has 1 rings (SSSR count). The molecule has 1 aromatic carbocycles. The van der Waals surface area contributed by atoms with Gasteiger partial charge < -0.3 is 15.8 Å². The van der Waals surface area contributed by atoms with Gasteiger partial charge in [0.25, 0.3) is 0 Å². The second kappa shape index (κ2) is 8.38. The Hall–Kier alpha value is -0.810. The number of carbonyl (C=O) groups is 1. The lowest BCUT2D eigenvalue weighted by Crippen LogP contribution is -2.32. The number of nitrogens with two attached hydrogens (primary N) is 1. The van der Waals surface area contributed by atoms with Gasteiger partial charge in [0.15, 0.2) is 0 Å². The van der Waals surface area contributed by atoms with E-state index in [0.29, 0.717) is 36.2 Å². The summed E-state index contributed by atoms with van der Waals surface area (Å²) < 4.78 is 5.42. The molecule has 3 N–H and O–H groups in total. The number of carbonyl (C=O) groups excluding carboxylic acids is 1. The van der Waals surface area contributed by atoms with Crippen molar-refractivity contribution >= 4 is 29.1 Å². The van der Waals surface area contributed by atoms with E-state index >= 15 is 0 Å². The van der Waals surface area contributed by atoms with Gasteiger partial charge in [0.2, 0.25) is 5.91 Å². The summed E-state index contributed by atoms with van der Waals surface area (Å²) in [6.45, 7) is 3.05. The molecular formula is C13H18Cl2N2O2. The van der Waals surface area contributed by atoms with E-state index < -0.39 is 0 Å². The first kappa shape index (κ1) is 16.2. The molecule has 1 amide bonds. The molecule has 0 saturated carbocycles. The van der Waals surface area contributed by atoms with E-state index in [0.717, 1.165) is 5.56 Å². The average molecular weight is 305 g/mol. The fourth-order valence-electron chi connectivity index (χ4n) is 1.45. The molecular weight excluding hydrogens is 287 g/mol. The van der Waals surface area contributed by atoms with Gasteiger partial charge in [0, 0.05) is 29.1 Å². The highest BCUT2D eigenvalue weighted by Crippen LogP contribution is 2.21. The lowest BCUT2D eigenvalue weighted by Gasteiger charge is -2.09. The highest BCUT2D eigenvalue weighted by atomic mass is 35.5. The normalized spacial score (nSPS) is 12.2. The molecule has 0 saturated heterocycles. The van der Waals surface area contributed by atoms with Crippen LogP contribution in [-0.4, -0.2) is 25.1 Å². The number of rotatable bonds is 7.